The molecule has 2 rings (SSSR count). The summed E-state index contributed by atoms with van der Waals surface area (Å²) >= 11 is 1.50. The van der Waals surface area contributed by atoms with Crippen molar-refractivity contribution in [3.8, 4) is 0 Å². The van der Waals surface area contributed by atoms with Crippen LogP contribution in [0, 0.1) is 16.0 Å². The molecule has 11 heteroatoms. The lowest BCUT2D eigenvalue weighted by Gasteiger charge is -2.38. The third kappa shape index (κ3) is 7.84. The highest BCUT2D eigenvalue weighted by atomic mass is 32.2. The van der Waals surface area contributed by atoms with Gasteiger partial charge < -0.3 is 20.3 Å². The molecule has 1 saturated heterocycles. The van der Waals surface area contributed by atoms with E-state index in [9.17, 15) is 24.5 Å². The first kappa shape index (κ1) is 28.4. The lowest BCUT2D eigenvalue weighted by atomic mass is 10.0. The number of nitro groups is 1. The molecule has 2 atom stereocenters. The smallest absolute Gasteiger partial charge is 0.408 e. The lowest BCUT2D eigenvalue weighted by Crippen LogP contribution is -2.60. The SMILES string of the molecule is CC(C)[C@@H](NC(=O)OC(C)(C)C)C(=O)N1[C@H](C(=O)NCCc2ccc([N+](=O)[O-])cc2)CSC1(C)C. The maximum absolute atomic E-state index is 13.6. The second kappa shape index (κ2) is 11.3. The molecule has 1 aliphatic heterocycles. The molecule has 2 N–H and O–H groups in total. The van der Waals surface area contributed by atoms with Crippen LogP contribution >= 0.6 is 11.8 Å². The normalized spacial score (nSPS) is 18.2. The Morgan fingerprint density at radius 1 is 1.23 bits per heavy atom. The molecule has 0 spiro atoms. The van der Waals surface area contributed by atoms with Gasteiger partial charge in [0, 0.05) is 24.4 Å². The average molecular weight is 509 g/mol. The Kier molecular flexibility index (Phi) is 9.16. The van der Waals surface area contributed by atoms with Gasteiger partial charge in [-0.2, -0.15) is 0 Å². The zero-order chi connectivity index (χ0) is 26.6. The van der Waals surface area contributed by atoms with E-state index in [2.05, 4.69) is 10.6 Å². The average Bonchev–Trinajstić information content (AvgIpc) is 3.05. The summed E-state index contributed by atoms with van der Waals surface area (Å²) in [5, 5.41) is 16.4. The minimum absolute atomic E-state index is 0.0110. The van der Waals surface area contributed by atoms with Crippen LogP contribution in [0.4, 0.5) is 10.5 Å². The van der Waals surface area contributed by atoms with Crippen LogP contribution in [0.25, 0.3) is 0 Å². The number of hydrogen-bond donors (Lipinski definition) is 2. The summed E-state index contributed by atoms with van der Waals surface area (Å²) in [5.74, 6) is -0.406. The number of hydrogen-bond acceptors (Lipinski definition) is 7. The van der Waals surface area contributed by atoms with Crippen molar-refractivity contribution >= 4 is 35.4 Å². The zero-order valence-corrected chi connectivity index (χ0v) is 22.2. The first-order chi connectivity index (χ1) is 16.1. The maximum atomic E-state index is 13.6. The molecule has 0 bridgehead atoms. The fourth-order valence-corrected chi connectivity index (χ4v) is 4.97. The zero-order valence-electron chi connectivity index (χ0n) is 21.4. The van der Waals surface area contributed by atoms with Gasteiger partial charge in [0.1, 0.15) is 17.7 Å². The van der Waals surface area contributed by atoms with Gasteiger partial charge in [0.2, 0.25) is 11.8 Å². The molecule has 194 valence electrons. The number of amides is 3. The van der Waals surface area contributed by atoms with E-state index in [1.165, 1.54) is 23.9 Å². The Labute approximate surface area is 210 Å². The van der Waals surface area contributed by atoms with Crippen molar-refractivity contribution in [3.05, 3.63) is 39.9 Å². The number of alkyl carbamates (subject to hydrolysis) is 1. The fourth-order valence-electron chi connectivity index (χ4n) is 3.74. The molecular weight excluding hydrogens is 472 g/mol. The number of benzene rings is 1. The van der Waals surface area contributed by atoms with E-state index in [0.29, 0.717) is 18.7 Å². The highest BCUT2D eigenvalue weighted by Crippen LogP contribution is 2.39. The van der Waals surface area contributed by atoms with E-state index in [-0.39, 0.29) is 23.4 Å². The molecule has 0 radical (unpaired) electrons. The number of rotatable bonds is 8. The van der Waals surface area contributed by atoms with Crippen LogP contribution in [0.1, 0.15) is 54.0 Å². The molecule has 0 saturated carbocycles. The third-order valence-corrected chi connectivity index (χ3v) is 6.88. The molecule has 35 heavy (non-hydrogen) atoms. The molecule has 1 fully saturated rings. The topological polar surface area (TPSA) is 131 Å². The van der Waals surface area contributed by atoms with Crippen LogP contribution < -0.4 is 10.6 Å². The first-order valence-corrected chi connectivity index (χ1v) is 12.6. The van der Waals surface area contributed by atoms with Gasteiger partial charge in [-0.1, -0.05) is 26.0 Å². The highest BCUT2D eigenvalue weighted by Gasteiger charge is 2.48. The Morgan fingerprint density at radius 2 is 1.83 bits per heavy atom. The quantitative estimate of drug-likeness (QED) is 0.406. The van der Waals surface area contributed by atoms with Gasteiger partial charge in [0.25, 0.3) is 5.69 Å². The van der Waals surface area contributed by atoms with Crippen LogP contribution in [-0.4, -0.2) is 62.6 Å². The van der Waals surface area contributed by atoms with Crippen LogP contribution in [0.3, 0.4) is 0 Å². The minimum atomic E-state index is -0.849. The maximum Gasteiger partial charge on any atom is 0.408 e. The fraction of sp³-hybridized carbons (Fsp3) is 0.625. The van der Waals surface area contributed by atoms with Gasteiger partial charge in [0.05, 0.1) is 9.79 Å². The van der Waals surface area contributed by atoms with Gasteiger partial charge in [-0.25, -0.2) is 4.79 Å². The predicted molar refractivity (Wildman–Crippen MR) is 135 cm³/mol. The van der Waals surface area contributed by atoms with Crippen molar-refractivity contribution in [2.24, 2.45) is 5.92 Å². The van der Waals surface area contributed by atoms with Gasteiger partial charge in [0.15, 0.2) is 0 Å². The van der Waals surface area contributed by atoms with Crippen LogP contribution in [0.2, 0.25) is 0 Å². The van der Waals surface area contributed by atoms with Gasteiger partial charge in [-0.15, -0.1) is 11.8 Å². The molecule has 0 aliphatic carbocycles. The number of nitrogens with zero attached hydrogens (tertiary/aromatic N) is 2. The number of ether oxygens (including phenoxy) is 1. The summed E-state index contributed by atoms with van der Waals surface area (Å²) in [6.07, 6.45) is -0.186. The first-order valence-electron chi connectivity index (χ1n) is 11.6. The molecule has 0 unspecified atom stereocenters. The second-order valence-electron chi connectivity index (χ2n) is 10.3. The number of thioether (sulfide) groups is 1. The van der Waals surface area contributed by atoms with Gasteiger partial charge >= 0.3 is 6.09 Å². The number of carbonyl (C=O) groups is 3. The summed E-state index contributed by atoms with van der Waals surface area (Å²) in [7, 11) is 0. The van der Waals surface area contributed by atoms with E-state index < -0.39 is 33.6 Å². The molecule has 10 nitrogen and oxygen atoms in total. The van der Waals surface area contributed by atoms with Crippen molar-refractivity contribution in [2.45, 2.75) is 77.4 Å². The summed E-state index contributed by atoms with van der Waals surface area (Å²) in [6.45, 7) is 13.0. The molecule has 1 aromatic rings. The van der Waals surface area contributed by atoms with Crippen LogP contribution in [0.15, 0.2) is 24.3 Å². The monoisotopic (exact) mass is 508 g/mol. The van der Waals surface area contributed by atoms with Crippen LogP contribution in [0.5, 0.6) is 0 Å². The van der Waals surface area contributed by atoms with Crippen molar-refractivity contribution in [1.82, 2.24) is 15.5 Å². The van der Waals surface area contributed by atoms with Gasteiger partial charge in [-0.05, 0) is 52.5 Å². The second-order valence-corrected chi connectivity index (χ2v) is 11.9. The predicted octanol–water partition coefficient (Wildman–Crippen LogP) is 3.48. The van der Waals surface area contributed by atoms with Crippen molar-refractivity contribution in [1.29, 1.82) is 0 Å². The standard InChI is InChI=1S/C24H36N4O6S/c1-15(2)19(26-22(31)34-23(3,4)5)21(30)27-18(14-35-24(27,6)7)20(29)25-13-12-16-8-10-17(11-9-16)28(32)33/h8-11,15,18-19H,12-14H2,1-7H3,(H,25,29)(H,26,31)/t18-,19+/m0/s1. The third-order valence-electron chi connectivity index (χ3n) is 5.49. The Bertz CT molecular complexity index is 942. The Morgan fingerprint density at radius 3 is 2.34 bits per heavy atom. The Hall–Kier alpha value is -2.82. The van der Waals surface area contributed by atoms with Crippen molar-refractivity contribution in [2.75, 3.05) is 12.3 Å². The van der Waals surface area contributed by atoms with E-state index in [0.717, 1.165) is 5.56 Å². The number of non-ortho nitro benzene ring substituents is 1. The highest BCUT2D eigenvalue weighted by molar-refractivity contribution is 8.00. The summed E-state index contributed by atoms with van der Waals surface area (Å²) < 4.78 is 5.33. The van der Waals surface area contributed by atoms with Crippen LogP contribution in [-0.2, 0) is 20.7 Å². The van der Waals surface area contributed by atoms with E-state index in [1.54, 1.807) is 37.8 Å². The van der Waals surface area contributed by atoms with Crippen molar-refractivity contribution < 1.29 is 24.0 Å². The molecular formula is C24H36N4O6S. The molecule has 0 aromatic heterocycles. The number of nitro benzene ring substituents is 1. The molecule has 3 amide bonds. The van der Waals surface area contributed by atoms with Gasteiger partial charge in [-0.3, -0.25) is 19.7 Å². The minimum Gasteiger partial charge on any atom is -0.444 e. The largest absolute Gasteiger partial charge is 0.444 e. The van der Waals surface area contributed by atoms with E-state index >= 15 is 0 Å². The lowest BCUT2D eigenvalue weighted by molar-refractivity contribution is -0.384. The number of carbonyl (C=O) groups excluding carboxylic acids is 3. The van der Waals surface area contributed by atoms with E-state index in [1.807, 2.05) is 27.7 Å². The summed E-state index contributed by atoms with van der Waals surface area (Å²) in [5.41, 5.74) is 0.159. The summed E-state index contributed by atoms with van der Waals surface area (Å²) in [6, 6.07) is 4.63. The number of nitrogens with one attached hydrogen (secondary N) is 2. The summed E-state index contributed by atoms with van der Waals surface area (Å²) in [4.78, 5) is 50.3. The Balaban J connectivity index is 2.08. The molecule has 1 heterocycles. The molecule has 1 aromatic carbocycles. The van der Waals surface area contributed by atoms with Crippen molar-refractivity contribution in [3.63, 3.8) is 0 Å². The molecule has 1 aliphatic rings. The van der Waals surface area contributed by atoms with E-state index in [4.69, 9.17) is 4.74 Å².